The van der Waals surface area contributed by atoms with Crippen molar-refractivity contribution < 1.29 is 4.42 Å². The SMILES string of the molecule is c1coc(C2CNc3ccccc3C2)c1. The normalized spacial score (nSPS) is 19.3. The van der Waals surface area contributed by atoms with E-state index in [0.717, 1.165) is 18.7 Å². The molecule has 0 spiro atoms. The highest BCUT2D eigenvalue weighted by molar-refractivity contribution is 5.54. The Morgan fingerprint density at radius 2 is 2.07 bits per heavy atom. The molecule has 3 rings (SSSR count). The molecule has 1 aliphatic rings. The maximum absolute atomic E-state index is 5.45. The molecule has 0 saturated heterocycles. The number of hydrogen-bond acceptors (Lipinski definition) is 2. The molecule has 0 amide bonds. The van der Waals surface area contributed by atoms with Gasteiger partial charge in [-0.3, -0.25) is 0 Å². The second-order valence-corrected chi connectivity index (χ2v) is 3.95. The topological polar surface area (TPSA) is 25.2 Å². The molecule has 15 heavy (non-hydrogen) atoms. The Labute approximate surface area is 88.9 Å². The number of hydrogen-bond donors (Lipinski definition) is 1. The third-order valence-electron chi connectivity index (χ3n) is 2.97. The lowest BCUT2D eigenvalue weighted by Gasteiger charge is -2.24. The summed E-state index contributed by atoms with van der Waals surface area (Å²) in [4.78, 5) is 0. The van der Waals surface area contributed by atoms with Gasteiger partial charge >= 0.3 is 0 Å². The van der Waals surface area contributed by atoms with E-state index >= 15 is 0 Å². The summed E-state index contributed by atoms with van der Waals surface area (Å²) in [7, 11) is 0. The fraction of sp³-hybridized carbons (Fsp3) is 0.231. The van der Waals surface area contributed by atoms with Crippen molar-refractivity contribution in [3.05, 3.63) is 54.0 Å². The van der Waals surface area contributed by atoms with Gasteiger partial charge in [0.25, 0.3) is 0 Å². The van der Waals surface area contributed by atoms with Crippen LogP contribution in [0.25, 0.3) is 0 Å². The second-order valence-electron chi connectivity index (χ2n) is 3.95. The fourth-order valence-corrected chi connectivity index (χ4v) is 2.17. The first-order chi connectivity index (χ1) is 7.43. The Kier molecular flexibility index (Phi) is 1.98. The smallest absolute Gasteiger partial charge is 0.108 e. The lowest BCUT2D eigenvalue weighted by Crippen LogP contribution is -2.20. The van der Waals surface area contributed by atoms with Crippen LogP contribution in [0.3, 0.4) is 0 Å². The minimum atomic E-state index is 0.467. The lowest BCUT2D eigenvalue weighted by molar-refractivity contribution is 0.462. The first-order valence-corrected chi connectivity index (χ1v) is 5.28. The maximum Gasteiger partial charge on any atom is 0.108 e. The molecule has 2 heteroatoms. The van der Waals surface area contributed by atoms with Crippen molar-refractivity contribution in [1.82, 2.24) is 0 Å². The van der Waals surface area contributed by atoms with E-state index in [1.165, 1.54) is 11.3 Å². The zero-order valence-electron chi connectivity index (χ0n) is 8.44. The Balaban J connectivity index is 1.89. The van der Waals surface area contributed by atoms with E-state index in [0.29, 0.717) is 5.92 Å². The summed E-state index contributed by atoms with van der Waals surface area (Å²) in [6, 6.07) is 12.5. The monoisotopic (exact) mass is 199 g/mol. The Morgan fingerprint density at radius 3 is 2.93 bits per heavy atom. The number of anilines is 1. The standard InChI is InChI=1S/C13H13NO/c1-2-5-12-10(4-1)8-11(9-14-12)13-6-3-7-15-13/h1-7,11,14H,8-9H2. The zero-order chi connectivity index (χ0) is 10.1. The molecule has 2 heterocycles. The molecule has 0 radical (unpaired) electrons. The third kappa shape index (κ3) is 1.52. The third-order valence-corrected chi connectivity index (χ3v) is 2.97. The number of benzene rings is 1. The average molecular weight is 199 g/mol. The van der Waals surface area contributed by atoms with Crippen LogP contribution in [0.1, 0.15) is 17.2 Å². The molecule has 1 unspecified atom stereocenters. The van der Waals surface area contributed by atoms with Gasteiger partial charge in [0, 0.05) is 18.2 Å². The van der Waals surface area contributed by atoms with Crippen molar-refractivity contribution in [3.63, 3.8) is 0 Å². The van der Waals surface area contributed by atoms with E-state index in [9.17, 15) is 0 Å². The molecule has 1 aromatic heterocycles. The molecule has 1 aliphatic heterocycles. The minimum Gasteiger partial charge on any atom is -0.469 e. The molecule has 1 N–H and O–H groups in total. The number of fused-ring (bicyclic) bond motifs is 1. The average Bonchev–Trinajstić information content (AvgIpc) is 2.82. The molecule has 0 aliphatic carbocycles. The van der Waals surface area contributed by atoms with Gasteiger partial charge in [-0.2, -0.15) is 0 Å². The van der Waals surface area contributed by atoms with Gasteiger partial charge in [0.15, 0.2) is 0 Å². The van der Waals surface area contributed by atoms with Gasteiger partial charge in [0.1, 0.15) is 5.76 Å². The highest BCUT2D eigenvalue weighted by atomic mass is 16.3. The Hall–Kier alpha value is -1.70. The quantitative estimate of drug-likeness (QED) is 0.763. The largest absolute Gasteiger partial charge is 0.469 e. The second kappa shape index (κ2) is 3.46. The Morgan fingerprint density at radius 1 is 1.13 bits per heavy atom. The minimum absolute atomic E-state index is 0.467. The molecular weight excluding hydrogens is 186 g/mol. The molecule has 0 saturated carbocycles. The number of furan rings is 1. The summed E-state index contributed by atoms with van der Waals surface area (Å²) < 4.78 is 5.45. The highest BCUT2D eigenvalue weighted by Gasteiger charge is 2.20. The van der Waals surface area contributed by atoms with E-state index in [1.807, 2.05) is 6.07 Å². The van der Waals surface area contributed by atoms with Crippen LogP contribution in [0.5, 0.6) is 0 Å². The van der Waals surface area contributed by atoms with E-state index in [4.69, 9.17) is 4.42 Å². The van der Waals surface area contributed by atoms with Gasteiger partial charge < -0.3 is 9.73 Å². The molecule has 1 aromatic carbocycles. The van der Waals surface area contributed by atoms with E-state index in [2.05, 4.69) is 35.6 Å². The predicted molar refractivity (Wildman–Crippen MR) is 60.1 cm³/mol. The van der Waals surface area contributed by atoms with Gasteiger partial charge in [-0.05, 0) is 30.2 Å². The molecule has 76 valence electrons. The zero-order valence-corrected chi connectivity index (χ0v) is 8.44. The number of para-hydroxylation sites is 1. The van der Waals surface area contributed by atoms with Crippen molar-refractivity contribution in [3.8, 4) is 0 Å². The first kappa shape index (κ1) is 8.60. The molecule has 1 atom stereocenters. The predicted octanol–water partition coefficient (Wildman–Crippen LogP) is 3.03. The fourth-order valence-electron chi connectivity index (χ4n) is 2.17. The van der Waals surface area contributed by atoms with E-state index in [1.54, 1.807) is 6.26 Å². The van der Waals surface area contributed by atoms with E-state index < -0.39 is 0 Å². The van der Waals surface area contributed by atoms with Crippen molar-refractivity contribution in [2.24, 2.45) is 0 Å². The van der Waals surface area contributed by atoms with Crippen molar-refractivity contribution in [1.29, 1.82) is 0 Å². The van der Waals surface area contributed by atoms with Gasteiger partial charge in [0.2, 0.25) is 0 Å². The summed E-state index contributed by atoms with van der Waals surface area (Å²) >= 11 is 0. The number of rotatable bonds is 1. The van der Waals surface area contributed by atoms with Crippen LogP contribution in [0, 0.1) is 0 Å². The first-order valence-electron chi connectivity index (χ1n) is 5.28. The van der Waals surface area contributed by atoms with Gasteiger partial charge in [-0.25, -0.2) is 0 Å². The molecule has 2 nitrogen and oxygen atoms in total. The molecule has 0 bridgehead atoms. The summed E-state index contributed by atoms with van der Waals surface area (Å²) in [6.45, 7) is 0.963. The van der Waals surface area contributed by atoms with E-state index in [-0.39, 0.29) is 0 Å². The van der Waals surface area contributed by atoms with Crippen molar-refractivity contribution in [2.75, 3.05) is 11.9 Å². The van der Waals surface area contributed by atoms with Crippen LogP contribution in [0.4, 0.5) is 5.69 Å². The lowest BCUT2D eigenvalue weighted by atomic mass is 9.92. The van der Waals surface area contributed by atoms with Gasteiger partial charge in [0.05, 0.1) is 6.26 Å². The van der Waals surface area contributed by atoms with Gasteiger partial charge in [-0.1, -0.05) is 18.2 Å². The molecular formula is C13H13NO. The van der Waals surface area contributed by atoms with Crippen molar-refractivity contribution in [2.45, 2.75) is 12.3 Å². The van der Waals surface area contributed by atoms with Crippen LogP contribution in [-0.2, 0) is 6.42 Å². The molecule has 0 fully saturated rings. The van der Waals surface area contributed by atoms with Gasteiger partial charge in [-0.15, -0.1) is 0 Å². The summed E-state index contributed by atoms with van der Waals surface area (Å²) in [5.41, 5.74) is 2.64. The van der Waals surface area contributed by atoms with Crippen LogP contribution < -0.4 is 5.32 Å². The highest BCUT2D eigenvalue weighted by Crippen LogP contribution is 2.30. The van der Waals surface area contributed by atoms with Crippen molar-refractivity contribution >= 4 is 5.69 Å². The van der Waals surface area contributed by atoms with Crippen LogP contribution in [0.2, 0.25) is 0 Å². The maximum atomic E-state index is 5.45. The van der Waals surface area contributed by atoms with Crippen LogP contribution >= 0.6 is 0 Å². The van der Waals surface area contributed by atoms with Crippen LogP contribution in [0.15, 0.2) is 47.1 Å². The van der Waals surface area contributed by atoms with Crippen LogP contribution in [-0.4, -0.2) is 6.54 Å². The summed E-state index contributed by atoms with van der Waals surface area (Å²) in [5.74, 6) is 1.55. The number of nitrogens with one attached hydrogen (secondary N) is 1. The summed E-state index contributed by atoms with van der Waals surface area (Å²) in [6.07, 6.45) is 2.81. The summed E-state index contributed by atoms with van der Waals surface area (Å²) in [5, 5.41) is 3.44. The Bertz CT molecular complexity index is 447. The molecule has 2 aromatic rings.